The molecular weight excluding hydrogens is 272 g/mol. The number of hydrogen-bond acceptors (Lipinski definition) is 4. The molecule has 0 saturated heterocycles. The molecule has 1 aliphatic carbocycles. The van der Waals surface area contributed by atoms with Crippen molar-refractivity contribution in [3.8, 4) is 0 Å². The molecule has 0 bridgehead atoms. The van der Waals surface area contributed by atoms with Gasteiger partial charge in [0.05, 0.1) is 17.0 Å². The highest BCUT2D eigenvalue weighted by Crippen LogP contribution is 2.31. The molecule has 3 rings (SSSR count). The summed E-state index contributed by atoms with van der Waals surface area (Å²) in [6, 6.07) is 1.57. The Bertz CT molecular complexity index is 570. The smallest absolute Gasteiger partial charge is 0.306 e. The Morgan fingerprint density at radius 2 is 1.86 bits per heavy atom. The van der Waals surface area contributed by atoms with Crippen LogP contribution in [0.25, 0.3) is 0 Å². The molecule has 0 aromatic carbocycles. The van der Waals surface area contributed by atoms with Gasteiger partial charge in [-0.05, 0) is 37.7 Å². The zero-order valence-electron chi connectivity index (χ0n) is 11.5. The molecule has 0 radical (unpaired) electrons. The summed E-state index contributed by atoms with van der Waals surface area (Å²) in [5, 5.41) is 8.99. The molecule has 2 aliphatic rings. The average Bonchev–Trinajstić information content (AvgIpc) is 2.73. The van der Waals surface area contributed by atoms with Crippen molar-refractivity contribution in [1.82, 2.24) is 9.88 Å². The molecule has 0 spiro atoms. The number of pyridine rings is 1. The Morgan fingerprint density at radius 3 is 2.48 bits per heavy atom. The second-order valence-corrected chi connectivity index (χ2v) is 5.70. The van der Waals surface area contributed by atoms with Crippen LogP contribution in [0.15, 0.2) is 18.5 Å². The monoisotopic (exact) mass is 288 g/mol. The standard InChI is InChI=1S/C15H16N2O4/c18-13-11-5-6-16-7-12(11)14(19)17(13)8-9-1-3-10(4-2-9)15(20)21/h5-7,9-10H,1-4,8H2,(H,20,21). The third kappa shape index (κ3) is 2.41. The summed E-state index contributed by atoms with van der Waals surface area (Å²) < 4.78 is 0. The fourth-order valence-electron chi connectivity index (χ4n) is 3.15. The number of rotatable bonds is 3. The zero-order chi connectivity index (χ0) is 15.0. The van der Waals surface area contributed by atoms with Crippen LogP contribution >= 0.6 is 0 Å². The van der Waals surface area contributed by atoms with Crippen molar-refractivity contribution in [3.05, 3.63) is 29.6 Å². The van der Waals surface area contributed by atoms with Gasteiger partial charge in [-0.25, -0.2) is 0 Å². The van der Waals surface area contributed by atoms with E-state index >= 15 is 0 Å². The number of aliphatic carboxylic acids is 1. The van der Waals surface area contributed by atoms with E-state index in [4.69, 9.17) is 5.11 Å². The van der Waals surface area contributed by atoms with Crippen LogP contribution in [-0.4, -0.2) is 39.3 Å². The normalized spacial score (nSPS) is 25.0. The van der Waals surface area contributed by atoms with Gasteiger partial charge in [-0.15, -0.1) is 0 Å². The first kappa shape index (κ1) is 13.7. The Hall–Kier alpha value is -2.24. The lowest BCUT2D eigenvalue weighted by atomic mass is 9.82. The summed E-state index contributed by atoms with van der Waals surface area (Å²) in [6.45, 7) is 0.374. The lowest BCUT2D eigenvalue weighted by molar-refractivity contribution is -0.143. The van der Waals surface area contributed by atoms with Crippen LogP contribution in [0, 0.1) is 11.8 Å². The van der Waals surface area contributed by atoms with E-state index in [-0.39, 0.29) is 23.7 Å². The summed E-state index contributed by atoms with van der Waals surface area (Å²) in [7, 11) is 0. The van der Waals surface area contributed by atoms with Crippen molar-refractivity contribution >= 4 is 17.8 Å². The first-order chi connectivity index (χ1) is 10.1. The van der Waals surface area contributed by atoms with E-state index < -0.39 is 5.97 Å². The molecule has 2 heterocycles. The highest BCUT2D eigenvalue weighted by Gasteiger charge is 2.37. The van der Waals surface area contributed by atoms with Crippen LogP contribution in [0.3, 0.4) is 0 Å². The number of hydrogen-bond donors (Lipinski definition) is 1. The molecule has 0 atom stereocenters. The lowest BCUT2D eigenvalue weighted by Crippen LogP contribution is -2.36. The number of amides is 2. The van der Waals surface area contributed by atoms with Gasteiger partial charge in [0.25, 0.3) is 11.8 Å². The maximum atomic E-state index is 12.2. The lowest BCUT2D eigenvalue weighted by Gasteiger charge is -2.28. The van der Waals surface area contributed by atoms with E-state index in [1.54, 1.807) is 6.07 Å². The van der Waals surface area contributed by atoms with Crippen LogP contribution in [0.5, 0.6) is 0 Å². The van der Waals surface area contributed by atoms with E-state index in [0.29, 0.717) is 30.5 Å². The summed E-state index contributed by atoms with van der Waals surface area (Å²) >= 11 is 0. The minimum absolute atomic E-state index is 0.191. The maximum absolute atomic E-state index is 12.2. The van der Waals surface area contributed by atoms with Crippen LogP contribution in [-0.2, 0) is 4.79 Å². The van der Waals surface area contributed by atoms with Gasteiger partial charge in [0.1, 0.15) is 0 Å². The predicted octanol–water partition coefficient (Wildman–Crippen LogP) is 1.57. The molecule has 6 heteroatoms. The SMILES string of the molecule is O=C(O)C1CCC(CN2C(=O)c3ccncc3C2=O)CC1. The van der Waals surface area contributed by atoms with Gasteiger partial charge in [-0.3, -0.25) is 24.3 Å². The summed E-state index contributed by atoms with van der Waals surface area (Å²) in [5.74, 6) is -1.40. The molecule has 1 fully saturated rings. The second-order valence-electron chi connectivity index (χ2n) is 5.70. The molecule has 1 aromatic rings. The van der Waals surface area contributed by atoms with Crippen molar-refractivity contribution in [2.45, 2.75) is 25.7 Å². The summed E-state index contributed by atoms with van der Waals surface area (Å²) in [6.07, 6.45) is 5.64. The molecule has 21 heavy (non-hydrogen) atoms. The van der Waals surface area contributed by atoms with Gasteiger partial charge in [0.2, 0.25) is 0 Å². The van der Waals surface area contributed by atoms with Crippen molar-refractivity contribution in [2.24, 2.45) is 11.8 Å². The van der Waals surface area contributed by atoms with Gasteiger partial charge in [0, 0.05) is 18.9 Å². The number of carboxylic acid groups (broad SMARTS) is 1. The molecule has 1 aliphatic heterocycles. The first-order valence-electron chi connectivity index (χ1n) is 7.11. The van der Waals surface area contributed by atoms with Crippen molar-refractivity contribution in [1.29, 1.82) is 0 Å². The van der Waals surface area contributed by atoms with Crippen LogP contribution in [0.1, 0.15) is 46.4 Å². The van der Waals surface area contributed by atoms with E-state index in [1.807, 2.05) is 0 Å². The fourth-order valence-corrected chi connectivity index (χ4v) is 3.15. The van der Waals surface area contributed by atoms with Crippen molar-refractivity contribution in [2.75, 3.05) is 6.54 Å². The van der Waals surface area contributed by atoms with E-state index in [2.05, 4.69) is 4.98 Å². The molecule has 110 valence electrons. The number of aromatic nitrogens is 1. The first-order valence-corrected chi connectivity index (χ1v) is 7.11. The summed E-state index contributed by atoms with van der Waals surface area (Å²) in [5.41, 5.74) is 0.774. The molecule has 2 amide bonds. The minimum atomic E-state index is -0.750. The van der Waals surface area contributed by atoms with Gasteiger partial charge in [0.15, 0.2) is 0 Å². The Kier molecular flexibility index (Phi) is 3.45. The topological polar surface area (TPSA) is 87.6 Å². The molecule has 1 N–H and O–H groups in total. The van der Waals surface area contributed by atoms with Crippen LogP contribution in [0.4, 0.5) is 0 Å². The number of fused-ring (bicyclic) bond motifs is 1. The van der Waals surface area contributed by atoms with Gasteiger partial charge in [-0.2, -0.15) is 0 Å². The number of carbonyl (C=O) groups is 3. The molecule has 0 unspecified atom stereocenters. The van der Waals surface area contributed by atoms with E-state index in [1.165, 1.54) is 17.3 Å². The van der Waals surface area contributed by atoms with Gasteiger partial charge in [-0.1, -0.05) is 0 Å². The van der Waals surface area contributed by atoms with Crippen molar-refractivity contribution in [3.63, 3.8) is 0 Å². The number of carbonyl (C=O) groups excluding carboxylic acids is 2. The van der Waals surface area contributed by atoms with E-state index in [0.717, 1.165) is 12.8 Å². The number of carboxylic acids is 1. The molecular formula is C15H16N2O4. The van der Waals surface area contributed by atoms with Gasteiger partial charge >= 0.3 is 5.97 Å². The number of nitrogens with zero attached hydrogens (tertiary/aromatic N) is 2. The number of imide groups is 1. The Morgan fingerprint density at radius 1 is 1.19 bits per heavy atom. The predicted molar refractivity (Wildman–Crippen MR) is 72.7 cm³/mol. The maximum Gasteiger partial charge on any atom is 0.306 e. The Balaban J connectivity index is 1.67. The van der Waals surface area contributed by atoms with E-state index in [9.17, 15) is 14.4 Å². The third-order valence-electron chi connectivity index (χ3n) is 4.41. The third-order valence-corrected chi connectivity index (χ3v) is 4.41. The quantitative estimate of drug-likeness (QED) is 0.853. The van der Waals surface area contributed by atoms with Crippen LogP contribution < -0.4 is 0 Å². The fraction of sp³-hybridized carbons (Fsp3) is 0.467. The highest BCUT2D eigenvalue weighted by atomic mass is 16.4. The average molecular weight is 288 g/mol. The zero-order valence-corrected chi connectivity index (χ0v) is 11.5. The largest absolute Gasteiger partial charge is 0.481 e. The molecule has 6 nitrogen and oxygen atoms in total. The summed E-state index contributed by atoms with van der Waals surface area (Å²) in [4.78, 5) is 40.6. The van der Waals surface area contributed by atoms with Crippen LogP contribution in [0.2, 0.25) is 0 Å². The highest BCUT2D eigenvalue weighted by molar-refractivity contribution is 6.21. The van der Waals surface area contributed by atoms with Crippen molar-refractivity contribution < 1.29 is 19.5 Å². The second kappa shape index (κ2) is 5.27. The Labute approximate surface area is 121 Å². The molecule has 1 aromatic heterocycles. The minimum Gasteiger partial charge on any atom is -0.481 e. The van der Waals surface area contributed by atoms with Gasteiger partial charge < -0.3 is 5.11 Å². The molecule has 1 saturated carbocycles.